The zero-order valence-corrected chi connectivity index (χ0v) is 17.8. The molecule has 2 aromatic heterocycles. The van der Waals surface area contributed by atoms with E-state index in [4.69, 9.17) is 16.1 Å². The smallest absolute Gasteiger partial charge is 0.240 e. The number of rotatable bonds is 6. The van der Waals surface area contributed by atoms with Crippen LogP contribution in [-0.2, 0) is 4.79 Å². The Morgan fingerprint density at radius 1 is 1.31 bits per heavy atom. The first-order valence-electron chi connectivity index (χ1n) is 9.63. The molecule has 0 saturated heterocycles. The number of carbonyl (C=O) groups excluding carboxylic acids is 1. The number of nitrogens with one attached hydrogen (secondary N) is 1. The van der Waals surface area contributed by atoms with Crippen LogP contribution in [0.3, 0.4) is 0 Å². The molecule has 1 amide bonds. The van der Waals surface area contributed by atoms with Crippen molar-refractivity contribution in [1.29, 1.82) is 0 Å². The van der Waals surface area contributed by atoms with E-state index in [9.17, 15) is 4.79 Å². The topological polar surface area (TPSA) is 85.8 Å². The van der Waals surface area contributed by atoms with Gasteiger partial charge in [-0.3, -0.25) is 14.7 Å². The second-order valence-electron chi connectivity index (χ2n) is 7.18. The average Bonchev–Trinajstić information content (AvgIpc) is 3.43. The van der Waals surface area contributed by atoms with E-state index in [1.165, 1.54) is 24.6 Å². The zero-order valence-electron chi connectivity index (χ0n) is 16.3. The minimum atomic E-state index is -0.385. The zero-order chi connectivity index (χ0) is 20.4. The summed E-state index contributed by atoms with van der Waals surface area (Å²) >= 11 is 7.81. The fourth-order valence-corrected chi connectivity index (χ4v) is 4.67. The van der Waals surface area contributed by atoms with Crippen LogP contribution < -0.4 is 5.32 Å². The van der Waals surface area contributed by atoms with Crippen molar-refractivity contribution in [1.82, 2.24) is 19.9 Å². The van der Waals surface area contributed by atoms with Crippen molar-refractivity contribution in [3.63, 3.8) is 0 Å². The Morgan fingerprint density at radius 2 is 2.07 bits per heavy atom. The predicted octanol–water partition coefficient (Wildman–Crippen LogP) is 5.13. The lowest BCUT2D eigenvalue weighted by molar-refractivity contribution is -0.115. The third kappa shape index (κ3) is 4.33. The van der Waals surface area contributed by atoms with Crippen LogP contribution in [0, 0.1) is 6.92 Å². The largest absolute Gasteiger partial charge is 0.338 e. The summed E-state index contributed by atoms with van der Waals surface area (Å²) in [4.78, 5) is 12.6. The quantitative estimate of drug-likeness (QED) is 0.544. The second kappa shape index (κ2) is 8.59. The van der Waals surface area contributed by atoms with E-state index in [1.54, 1.807) is 13.0 Å². The predicted molar refractivity (Wildman–Crippen MR) is 113 cm³/mol. The molecule has 0 bridgehead atoms. The number of halogens is 1. The van der Waals surface area contributed by atoms with Crippen LogP contribution in [0.25, 0.3) is 11.4 Å². The van der Waals surface area contributed by atoms with Crippen molar-refractivity contribution < 1.29 is 9.32 Å². The van der Waals surface area contributed by atoms with Crippen molar-refractivity contribution in [3.8, 4) is 11.4 Å². The molecular weight excluding hydrogens is 410 g/mol. The van der Waals surface area contributed by atoms with Gasteiger partial charge in [-0.15, -0.1) is 10.2 Å². The number of hydrogen-bond acceptors (Lipinski definition) is 6. The molecule has 2 heterocycles. The van der Waals surface area contributed by atoms with Gasteiger partial charge < -0.3 is 4.52 Å². The molecule has 1 saturated carbocycles. The Labute approximate surface area is 178 Å². The molecule has 1 aliphatic carbocycles. The Balaban J connectivity index is 1.60. The summed E-state index contributed by atoms with van der Waals surface area (Å²) < 4.78 is 7.23. The average molecular weight is 432 g/mol. The molecule has 1 fully saturated rings. The molecule has 4 rings (SSSR count). The number of thioether (sulfide) groups is 1. The van der Waals surface area contributed by atoms with Gasteiger partial charge in [-0.1, -0.05) is 53.5 Å². The van der Waals surface area contributed by atoms with Gasteiger partial charge >= 0.3 is 0 Å². The molecule has 1 aromatic carbocycles. The molecule has 0 aliphatic heterocycles. The fourth-order valence-electron chi connectivity index (χ4n) is 3.53. The first-order valence-corrected chi connectivity index (χ1v) is 10.9. The first-order chi connectivity index (χ1) is 14.0. The lowest BCUT2D eigenvalue weighted by atomic mass is 10.2. The third-order valence-electron chi connectivity index (χ3n) is 4.99. The molecule has 29 heavy (non-hydrogen) atoms. The maximum absolute atomic E-state index is 12.6. The molecule has 7 nitrogen and oxygen atoms in total. The van der Waals surface area contributed by atoms with E-state index < -0.39 is 0 Å². The molecule has 152 valence electrons. The molecular formula is C20H22ClN5O2S. The highest BCUT2D eigenvalue weighted by atomic mass is 35.5. The Hall–Kier alpha value is -2.32. The van der Waals surface area contributed by atoms with Crippen molar-refractivity contribution in [2.75, 3.05) is 5.32 Å². The van der Waals surface area contributed by atoms with E-state index in [0.29, 0.717) is 22.6 Å². The standard InChI is InChI=1S/C20H22ClN5O2S/c1-12-11-17(28-25-12)22-19(27)13(2)29-20-24-23-18(15-9-5-6-10-16(15)21)26(20)14-7-3-4-8-14/h5-6,9-11,13-14H,3-4,7-8H2,1-2H3,(H,22,27). The number of benzene rings is 1. The second-order valence-corrected chi connectivity index (χ2v) is 8.89. The minimum Gasteiger partial charge on any atom is -0.338 e. The monoisotopic (exact) mass is 431 g/mol. The summed E-state index contributed by atoms with van der Waals surface area (Å²) in [5, 5.41) is 16.4. The summed E-state index contributed by atoms with van der Waals surface area (Å²) in [6.07, 6.45) is 4.49. The summed E-state index contributed by atoms with van der Waals surface area (Å²) in [5.74, 6) is 0.920. The normalized spacial score (nSPS) is 15.6. The van der Waals surface area contributed by atoms with Gasteiger partial charge in [0.05, 0.1) is 16.0 Å². The van der Waals surface area contributed by atoms with E-state index >= 15 is 0 Å². The maximum Gasteiger partial charge on any atom is 0.240 e. The van der Waals surface area contributed by atoms with Crippen LogP contribution >= 0.6 is 23.4 Å². The molecule has 1 N–H and O–H groups in total. The summed E-state index contributed by atoms with van der Waals surface area (Å²) in [6.45, 7) is 3.64. The lowest BCUT2D eigenvalue weighted by Crippen LogP contribution is -2.23. The number of anilines is 1. The van der Waals surface area contributed by atoms with Gasteiger partial charge in [-0.05, 0) is 38.8 Å². The van der Waals surface area contributed by atoms with Gasteiger partial charge in [0, 0.05) is 17.7 Å². The highest BCUT2D eigenvalue weighted by Crippen LogP contribution is 2.39. The molecule has 3 aromatic rings. The minimum absolute atomic E-state index is 0.175. The van der Waals surface area contributed by atoms with Crippen molar-refractivity contribution in [2.24, 2.45) is 0 Å². The summed E-state index contributed by atoms with van der Waals surface area (Å²) in [5.41, 5.74) is 1.57. The van der Waals surface area contributed by atoms with Gasteiger partial charge in [-0.25, -0.2) is 0 Å². The maximum atomic E-state index is 12.6. The van der Waals surface area contributed by atoms with Crippen molar-refractivity contribution in [2.45, 2.75) is 56.0 Å². The van der Waals surface area contributed by atoms with E-state index in [0.717, 1.165) is 29.4 Å². The highest BCUT2D eigenvalue weighted by molar-refractivity contribution is 8.00. The van der Waals surface area contributed by atoms with Crippen LogP contribution in [-0.4, -0.2) is 31.1 Å². The summed E-state index contributed by atoms with van der Waals surface area (Å²) in [6, 6.07) is 9.64. The Morgan fingerprint density at radius 3 is 2.76 bits per heavy atom. The number of carbonyl (C=O) groups is 1. The number of aromatic nitrogens is 4. The van der Waals surface area contributed by atoms with Gasteiger partial charge in [-0.2, -0.15) is 0 Å². The third-order valence-corrected chi connectivity index (χ3v) is 6.38. The van der Waals surface area contributed by atoms with Crippen LogP contribution in [0.2, 0.25) is 5.02 Å². The van der Waals surface area contributed by atoms with Crippen LogP contribution in [0.4, 0.5) is 5.88 Å². The number of amides is 1. The van der Waals surface area contributed by atoms with Crippen LogP contribution in [0.15, 0.2) is 40.0 Å². The van der Waals surface area contributed by atoms with Gasteiger partial charge in [0.1, 0.15) is 0 Å². The van der Waals surface area contributed by atoms with E-state index in [1.807, 2.05) is 31.2 Å². The molecule has 9 heteroatoms. The number of hydrogen-bond donors (Lipinski definition) is 1. The molecule has 1 aliphatic rings. The lowest BCUT2D eigenvalue weighted by Gasteiger charge is -2.18. The molecule has 1 atom stereocenters. The highest BCUT2D eigenvalue weighted by Gasteiger charge is 2.28. The molecule has 1 unspecified atom stereocenters. The fraction of sp³-hybridized carbons (Fsp3) is 0.400. The van der Waals surface area contributed by atoms with Crippen LogP contribution in [0.1, 0.15) is 44.3 Å². The van der Waals surface area contributed by atoms with E-state index in [2.05, 4.69) is 25.2 Å². The van der Waals surface area contributed by atoms with Gasteiger partial charge in [0.25, 0.3) is 0 Å². The first kappa shape index (κ1) is 20.0. The number of nitrogens with zero attached hydrogens (tertiary/aromatic N) is 4. The molecule has 0 radical (unpaired) electrons. The molecule has 0 spiro atoms. The van der Waals surface area contributed by atoms with Crippen molar-refractivity contribution >= 4 is 35.2 Å². The van der Waals surface area contributed by atoms with Crippen LogP contribution in [0.5, 0.6) is 0 Å². The van der Waals surface area contributed by atoms with Gasteiger partial charge in [0.15, 0.2) is 11.0 Å². The SMILES string of the molecule is Cc1cc(NC(=O)C(C)Sc2nnc(-c3ccccc3Cl)n2C2CCCC2)on1. The Kier molecular flexibility index (Phi) is 5.91. The Bertz CT molecular complexity index is 1010. The van der Waals surface area contributed by atoms with E-state index in [-0.39, 0.29) is 11.2 Å². The van der Waals surface area contributed by atoms with Gasteiger partial charge in [0.2, 0.25) is 11.8 Å². The van der Waals surface area contributed by atoms with Crippen molar-refractivity contribution in [3.05, 3.63) is 41.0 Å². The summed E-state index contributed by atoms with van der Waals surface area (Å²) in [7, 11) is 0. The number of aryl methyl sites for hydroxylation is 1.